The molecule has 1 rings (SSSR count). The van der Waals surface area contributed by atoms with Gasteiger partial charge in [-0.05, 0) is 24.7 Å². The van der Waals surface area contributed by atoms with Gasteiger partial charge >= 0.3 is 5.97 Å². The maximum Gasteiger partial charge on any atom is 0.326 e. The molecule has 0 aromatic rings. The molecule has 4 unspecified atom stereocenters. The molecule has 4 atom stereocenters. The lowest BCUT2D eigenvalue weighted by atomic mass is 10.0. The largest absolute Gasteiger partial charge is 0.480 e. The van der Waals surface area contributed by atoms with Crippen molar-refractivity contribution in [1.82, 2.24) is 15.5 Å². The van der Waals surface area contributed by atoms with Crippen LogP contribution in [0.4, 0.5) is 0 Å². The number of carbonyl (C=O) groups excluding carboxylic acids is 3. The third kappa shape index (κ3) is 5.90. The third-order valence-corrected chi connectivity index (χ3v) is 4.89. The number of rotatable bonds is 9. The van der Waals surface area contributed by atoms with Crippen molar-refractivity contribution < 1.29 is 29.4 Å². The molecule has 0 radical (unpaired) electrons. The summed E-state index contributed by atoms with van der Waals surface area (Å²) >= 11 is 0. The fourth-order valence-corrected chi connectivity index (χ4v) is 3.00. The summed E-state index contributed by atoms with van der Waals surface area (Å²) < 4.78 is 0. The second kappa shape index (κ2) is 10.4. The Balaban J connectivity index is 2.86. The van der Waals surface area contributed by atoms with Crippen LogP contribution in [0.5, 0.6) is 0 Å². The number of hydrogen-bond acceptors (Lipinski definition) is 6. The molecule has 0 saturated carbocycles. The summed E-state index contributed by atoms with van der Waals surface area (Å²) in [6.07, 6.45) is 0.937. The van der Waals surface area contributed by atoms with Crippen LogP contribution < -0.4 is 16.4 Å². The number of carboxylic acid groups (broad SMARTS) is 1. The van der Waals surface area contributed by atoms with Gasteiger partial charge in [0.05, 0.1) is 12.6 Å². The van der Waals surface area contributed by atoms with E-state index >= 15 is 0 Å². The number of nitrogens with two attached hydrogens (primary N) is 1. The second-order valence-electron chi connectivity index (χ2n) is 7.77. The number of nitrogens with one attached hydrogen (secondary N) is 2. The van der Waals surface area contributed by atoms with Gasteiger partial charge in [0.2, 0.25) is 17.7 Å². The van der Waals surface area contributed by atoms with Gasteiger partial charge in [0, 0.05) is 6.54 Å². The van der Waals surface area contributed by atoms with Gasteiger partial charge in [-0.1, -0.05) is 27.7 Å². The number of amides is 3. The molecule has 3 amide bonds. The number of aliphatic hydroxyl groups is 1. The molecule has 1 heterocycles. The standard InChI is InChI=1S/C18H32N4O6/c1-9(2)13(19)16(25)20-11(8-23)15(24)21-14(10(3)4)17(26)22-7-5-6-12(22)18(27)28/h9-14,23H,5-8,19H2,1-4H3,(H,20,25)(H,21,24)(H,27,28). The molecule has 0 aromatic heterocycles. The van der Waals surface area contributed by atoms with Crippen LogP contribution in [0.3, 0.4) is 0 Å². The SMILES string of the molecule is CC(C)C(N)C(=O)NC(CO)C(=O)NC(C(=O)N1CCCC1C(=O)O)C(C)C. The fourth-order valence-electron chi connectivity index (χ4n) is 3.00. The molecule has 10 nitrogen and oxygen atoms in total. The zero-order chi connectivity index (χ0) is 21.6. The van der Waals surface area contributed by atoms with Crippen LogP contribution in [0, 0.1) is 11.8 Å². The van der Waals surface area contributed by atoms with Crippen molar-refractivity contribution in [3.63, 3.8) is 0 Å². The topological polar surface area (TPSA) is 162 Å². The number of hydrogen-bond donors (Lipinski definition) is 5. The van der Waals surface area contributed by atoms with Crippen molar-refractivity contribution in [3.8, 4) is 0 Å². The zero-order valence-corrected chi connectivity index (χ0v) is 16.8. The highest BCUT2D eigenvalue weighted by atomic mass is 16.4. The van der Waals surface area contributed by atoms with E-state index in [-0.39, 0.29) is 11.8 Å². The van der Waals surface area contributed by atoms with E-state index in [1.54, 1.807) is 27.7 Å². The lowest BCUT2D eigenvalue weighted by Gasteiger charge is -2.30. The first-order valence-corrected chi connectivity index (χ1v) is 9.51. The molecule has 10 heteroatoms. The minimum absolute atomic E-state index is 0.157. The summed E-state index contributed by atoms with van der Waals surface area (Å²) in [5.41, 5.74) is 5.75. The molecule has 0 aromatic carbocycles. The Labute approximate surface area is 164 Å². The number of aliphatic hydroxyl groups excluding tert-OH is 1. The van der Waals surface area contributed by atoms with Crippen LogP contribution in [-0.4, -0.2) is 76.1 Å². The van der Waals surface area contributed by atoms with E-state index in [1.165, 1.54) is 4.90 Å². The predicted molar refractivity (Wildman–Crippen MR) is 101 cm³/mol. The maximum absolute atomic E-state index is 12.8. The van der Waals surface area contributed by atoms with Gasteiger partial charge in [-0.3, -0.25) is 14.4 Å². The average molecular weight is 400 g/mol. The van der Waals surface area contributed by atoms with Crippen LogP contribution >= 0.6 is 0 Å². The highest BCUT2D eigenvalue weighted by molar-refractivity contribution is 5.94. The van der Waals surface area contributed by atoms with Crippen molar-refractivity contribution in [2.45, 2.75) is 64.7 Å². The van der Waals surface area contributed by atoms with Crippen LogP contribution in [0.15, 0.2) is 0 Å². The van der Waals surface area contributed by atoms with Crippen LogP contribution in [0.2, 0.25) is 0 Å². The Morgan fingerprint density at radius 2 is 1.68 bits per heavy atom. The molecule has 160 valence electrons. The Morgan fingerprint density at radius 3 is 2.14 bits per heavy atom. The number of carboxylic acids is 1. The smallest absolute Gasteiger partial charge is 0.326 e. The molecule has 1 aliphatic rings. The van der Waals surface area contributed by atoms with Crippen molar-refractivity contribution in [2.75, 3.05) is 13.2 Å². The molecule has 0 aliphatic carbocycles. The van der Waals surface area contributed by atoms with Crippen molar-refractivity contribution in [3.05, 3.63) is 0 Å². The van der Waals surface area contributed by atoms with E-state index in [0.29, 0.717) is 19.4 Å². The molecular formula is C18H32N4O6. The molecule has 1 saturated heterocycles. The van der Waals surface area contributed by atoms with E-state index in [2.05, 4.69) is 10.6 Å². The summed E-state index contributed by atoms with van der Waals surface area (Å²) in [7, 11) is 0. The highest BCUT2D eigenvalue weighted by Crippen LogP contribution is 2.20. The summed E-state index contributed by atoms with van der Waals surface area (Å²) in [6.45, 7) is 6.58. The Hall–Kier alpha value is -2.20. The first-order chi connectivity index (χ1) is 13.0. The first kappa shape index (κ1) is 23.8. The van der Waals surface area contributed by atoms with Crippen LogP contribution in [0.25, 0.3) is 0 Å². The number of nitrogens with zero attached hydrogens (tertiary/aromatic N) is 1. The Kier molecular flexibility index (Phi) is 8.83. The van der Waals surface area contributed by atoms with Gasteiger partial charge in [-0.15, -0.1) is 0 Å². The summed E-state index contributed by atoms with van der Waals surface area (Å²) in [5.74, 6) is -3.36. The monoisotopic (exact) mass is 400 g/mol. The first-order valence-electron chi connectivity index (χ1n) is 9.51. The Morgan fingerprint density at radius 1 is 1.07 bits per heavy atom. The number of carbonyl (C=O) groups is 4. The molecule has 0 bridgehead atoms. The van der Waals surface area contributed by atoms with Crippen molar-refractivity contribution in [1.29, 1.82) is 0 Å². The zero-order valence-electron chi connectivity index (χ0n) is 16.8. The molecule has 0 spiro atoms. The fraction of sp³-hybridized carbons (Fsp3) is 0.778. The second-order valence-corrected chi connectivity index (χ2v) is 7.77. The molecular weight excluding hydrogens is 368 g/mol. The van der Waals surface area contributed by atoms with E-state index < -0.39 is 54.5 Å². The van der Waals surface area contributed by atoms with Gasteiger partial charge in [-0.25, -0.2) is 4.79 Å². The highest BCUT2D eigenvalue weighted by Gasteiger charge is 2.39. The molecule has 1 aliphatic heterocycles. The van der Waals surface area contributed by atoms with Gasteiger partial charge < -0.3 is 31.5 Å². The summed E-state index contributed by atoms with van der Waals surface area (Å²) in [5, 5.41) is 23.7. The normalized spacial score (nSPS) is 20.0. The average Bonchev–Trinajstić information content (AvgIpc) is 3.12. The quantitative estimate of drug-likeness (QED) is 0.320. The van der Waals surface area contributed by atoms with E-state index in [1.807, 2.05) is 0 Å². The molecule has 6 N–H and O–H groups in total. The maximum atomic E-state index is 12.8. The molecule has 1 fully saturated rings. The lowest BCUT2D eigenvalue weighted by Crippen LogP contribution is -2.59. The van der Waals surface area contributed by atoms with Crippen molar-refractivity contribution >= 4 is 23.7 Å². The van der Waals surface area contributed by atoms with Gasteiger partial charge in [0.1, 0.15) is 18.1 Å². The number of aliphatic carboxylic acids is 1. The minimum Gasteiger partial charge on any atom is -0.480 e. The minimum atomic E-state index is -1.26. The number of likely N-dealkylation sites (tertiary alicyclic amines) is 1. The summed E-state index contributed by atoms with van der Waals surface area (Å²) in [4.78, 5) is 50.1. The van der Waals surface area contributed by atoms with Crippen LogP contribution in [-0.2, 0) is 19.2 Å². The van der Waals surface area contributed by atoms with Gasteiger partial charge in [-0.2, -0.15) is 0 Å². The van der Waals surface area contributed by atoms with E-state index in [0.717, 1.165) is 0 Å². The summed E-state index contributed by atoms with van der Waals surface area (Å²) in [6, 6.07) is -3.99. The lowest BCUT2D eigenvalue weighted by molar-refractivity contribution is -0.150. The van der Waals surface area contributed by atoms with Crippen LogP contribution in [0.1, 0.15) is 40.5 Å². The van der Waals surface area contributed by atoms with Gasteiger partial charge in [0.25, 0.3) is 0 Å². The van der Waals surface area contributed by atoms with Crippen molar-refractivity contribution in [2.24, 2.45) is 17.6 Å². The van der Waals surface area contributed by atoms with E-state index in [9.17, 15) is 29.4 Å². The molecule has 28 heavy (non-hydrogen) atoms. The van der Waals surface area contributed by atoms with E-state index in [4.69, 9.17) is 5.73 Å². The van der Waals surface area contributed by atoms with Gasteiger partial charge in [0.15, 0.2) is 0 Å². The predicted octanol–water partition coefficient (Wildman–Crippen LogP) is -1.34. The third-order valence-electron chi connectivity index (χ3n) is 4.89. The Bertz CT molecular complexity index is 595.